The molecule has 142 valence electrons. The smallest absolute Gasteiger partial charge is 0.129 e. The molecule has 7 nitrogen and oxygen atoms in total. The van der Waals surface area contributed by atoms with Crippen molar-refractivity contribution in [3.05, 3.63) is 41.9 Å². The second-order valence-corrected chi connectivity index (χ2v) is 7.01. The molecule has 1 unspecified atom stereocenters. The zero-order chi connectivity index (χ0) is 18.6. The van der Waals surface area contributed by atoms with E-state index in [1.807, 2.05) is 35.4 Å². The van der Waals surface area contributed by atoms with Crippen LogP contribution >= 0.6 is 11.6 Å². The van der Waals surface area contributed by atoms with E-state index in [1.165, 1.54) is 0 Å². The molecule has 4 rings (SSSR count). The van der Waals surface area contributed by atoms with Gasteiger partial charge in [0.25, 0.3) is 0 Å². The maximum Gasteiger partial charge on any atom is 0.129 e. The Morgan fingerprint density at radius 3 is 2.81 bits per heavy atom. The fourth-order valence-corrected chi connectivity index (χ4v) is 3.39. The zero-order valence-electron chi connectivity index (χ0n) is 15.2. The lowest BCUT2D eigenvalue weighted by molar-refractivity contribution is -0.00268. The van der Waals surface area contributed by atoms with Crippen LogP contribution in [0.2, 0.25) is 5.15 Å². The standard InChI is InChI=1S/C19H22ClN5O2/c1-26-16(12-24-4-6-27-7-5-24)13-25-11-15(10-22-25)14-8-18-17(21-9-14)2-3-19(20)23-18/h2-3,8-11,16H,4-7,12-13H2,1H3. The van der Waals surface area contributed by atoms with Crippen LogP contribution in [0, 0.1) is 0 Å². The summed E-state index contributed by atoms with van der Waals surface area (Å²) in [4.78, 5) is 11.2. The predicted octanol–water partition coefficient (Wildman–Crippen LogP) is 2.49. The highest BCUT2D eigenvalue weighted by molar-refractivity contribution is 6.29. The number of nitrogens with zero attached hydrogens (tertiary/aromatic N) is 5. The highest BCUT2D eigenvalue weighted by atomic mass is 35.5. The third-order valence-corrected chi connectivity index (χ3v) is 4.97. The molecule has 1 fully saturated rings. The monoisotopic (exact) mass is 387 g/mol. The number of aromatic nitrogens is 4. The Labute approximate surface area is 162 Å². The molecule has 0 amide bonds. The van der Waals surface area contributed by atoms with Crippen LogP contribution in [0.1, 0.15) is 0 Å². The summed E-state index contributed by atoms with van der Waals surface area (Å²) >= 11 is 5.99. The van der Waals surface area contributed by atoms with Crippen molar-refractivity contribution in [1.29, 1.82) is 0 Å². The molecule has 0 saturated carbocycles. The summed E-state index contributed by atoms with van der Waals surface area (Å²) in [5.41, 5.74) is 3.55. The highest BCUT2D eigenvalue weighted by Crippen LogP contribution is 2.22. The molecular formula is C19H22ClN5O2. The second-order valence-electron chi connectivity index (χ2n) is 6.62. The van der Waals surface area contributed by atoms with Gasteiger partial charge in [-0.2, -0.15) is 5.10 Å². The molecule has 1 aliphatic rings. The first-order chi connectivity index (χ1) is 13.2. The lowest BCUT2D eigenvalue weighted by Crippen LogP contribution is -2.42. The molecule has 0 aliphatic carbocycles. The number of methoxy groups -OCH3 is 1. The predicted molar refractivity (Wildman–Crippen MR) is 104 cm³/mol. The van der Waals surface area contributed by atoms with Gasteiger partial charge in [0.05, 0.1) is 43.1 Å². The number of hydrogen-bond acceptors (Lipinski definition) is 6. The summed E-state index contributed by atoms with van der Waals surface area (Å²) in [6, 6.07) is 5.59. The average molecular weight is 388 g/mol. The van der Waals surface area contributed by atoms with Crippen LogP contribution in [0.5, 0.6) is 0 Å². The van der Waals surface area contributed by atoms with E-state index in [1.54, 1.807) is 13.2 Å². The Kier molecular flexibility index (Phi) is 5.63. The zero-order valence-corrected chi connectivity index (χ0v) is 16.0. The summed E-state index contributed by atoms with van der Waals surface area (Å²) in [7, 11) is 1.75. The molecule has 3 aromatic rings. The van der Waals surface area contributed by atoms with Crippen molar-refractivity contribution in [3.8, 4) is 11.1 Å². The van der Waals surface area contributed by atoms with Gasteiger partial charge in [-0.25, -0.2) is 4.98 Å². The molecular weight excluding hydrogens is 366 g/mol. The van der Waals surface area contributed by atoms with E-state index in [-0.39, 0.29) is 6.10 Å². The van der Waals surface area contributed by atoms with Gasteiger partial charge in [0.1, 0.15) is 5.15 Å². The largest absolute Gasteiger partial charge is 0.379 e. The third kappa shape index (κ3) is 4.44. The van der Waals surface area contributed by atoms with Crippen molar-refractivity contribution in [3.63, 3.8) is 0 Å². The van der Waals surface area contributed by atoms with Gasteiger partial charge in [0.15, 0.2) is 0 Å². The number of hydrogen-bond donors (Lipinski definition) is 0. The van der Waals surface area contributed by atoms with Crippen LogP contribution < -0.4 is 0 Å². The summed E-state index contributed by atoms with van der Waals surface area (Å²) in [6.07, 6.45) is 5.76. The number of fused-ring (bicyclic) bond motifs is 1. The summed E-state index contributed by atoms with van der Waals surface area (Å²) in [6.45, 7) is 5.03. The second kappa shape index (κ2) is 8.31. The van der Waals surface area contributed by atoms with Crippen LogP contribution in [0.15, 0.2) is 36.8 Å². The van der Waals surface area contributed by atoms with E-state index >= 15 is 0 Å². The fourth-order valence-electron chi connectivity index (χ4n) is 3.24. The average Bonchev–Trinajstić information content (AvgIpc) is 3.16. The van der Waals surface area contributed by atoms with Crippen LogP contribution in [-0.4, -0.2) is 70.7 Å². The van der Waals surface area contributed by atoms with E-state index in [2.05, 4.69) is 20.0 Å². The van der Waals surface area contributed by atoms with Crippen molar-refractivity contribution < 1.29 is 9.47 Å². The lowest BCUT2D eigenvalue weighted by Gasteiger charge is -2.29. The van der Waals surface area contributed by atoms with Crippen LogP contribution in [0.3, 0.4) is 0 Å². The number of rotatable bonds is 6. The number of ether oxygens (including phenoxy) is 2. The van der Waals surface area contributed by atoms with Gasteiger partial charge in [0.2, 0.25) is 0 Å². The number of morpholine rings is 1. The number of halogens is 1. The first-order valence-corrected chi connectivity index (χ1v) is 9.37. The van der Waals surface area contributed by atoms with Crippen LogP contribution in [0.25, 0.3) is 22.2 Å². The Morgan fingerprint density at radius 1 is 1.15 bits per heavy atom. The van der Waals surface area contributed by atoms with Gasteiger partial charge in [0, 0.05) is 50.3 Å². The minimum atomic E-state index is 0.0750. The summed E-state index contributed by atoms with van der Waals surface area (Å²) in [5, 5.41) is 4.95. The molecule has 3 aromatic heterocycles. The molecule has 0 radical (unpaired) electrons. The Balaban J connectivity index is 1.47. The van der Waals surface area contributed by atoms with Gasteiger partial charge < -0.3 is 9.47 Å². The van der Waals surface area contributed by atoms with E-state index in [0.29, 0.717) is 11.7 Å². The number of pyridine rings is 2. The molecule has 27 heavy (non-hydrogen) atoms. The van der Waals surface area contributed by atoms with Crippen molar-refractivity contribution in [2.75, 3.05) is 40.0 Å². The van der Waals surface area contributed by atoms with Crippen molar-refractivity contribution >= 4 is 22.6 Å². The van der Waals surface area contributed by atoms with Crippen molar-refractivity contribution in [1.82, 2.24) is 24.6 Å². The first-order valence-electron chi connectivity index (χ1n) is 8.99. The van der Waals surface area contributed by atoms with Gasteiger partial charge in [-0.1, -0.05) is 11.6 Å². The van der Waals surface area contributed by atoms with E-state index < -0.39 is 0 Å². The molecule has 1 atom stereocenters. The SMILES string of the molecule is COC(CN1CCOCC1)Cn1cc(-c2cnc3ccc(Cl)nc3c2)cn1. The van der Waals surface area contributed by atoms with Gasteiger partial charge in [-0.05, 0) is 18.2 Å². The van der Waals surface area contributed by atoms with Gasteiger partial charge in [-0.3, -0.25) is 14.6 Å². The summed E-state index contributed by atoms with van der Waals surface area (Å²) in [5.74, 6) is 0. The van der Waals surface area contributed by atoms with Gasteiger partial charge >= 0.3 is 0 Å². The molecule has 0 aromatic carbocycles. The van der Waals surface area contributed by atoms with Gasteiger partial charge in [-0.15, -0.1) is 0 Å². The quantitative estimate of drug-likeness (QED) is 0.605. The van der Waals surface area contributed by atoms with Crippen LogP contribution in [0.4, 0.5) is 0 Å². The topological polar surface area (TPSA) is 65.3 Å². The van der Waals surface area contributed by atoms with Crippen molar-refractivity contribution in [2.45, 2.75) is 12.6 Å². The Morgan fingerprint density at radius 2 is 2.00 bits per heavy atom. The Hall–Kier alpha value is -2.06. The van der Waals surface area contributed by atoms with E-state index in [4.69, 9.17) is 21.1 Å². The third-order valence-electron chi connectivity index (χ3n) is 4.76. The molecule has 1 saturated heterocycles. The van der Waals surface area contributed by atoms with Crippen LogP contribution in [-0.2, 0) is 16.0 Å². The van der Waals surface area contributed by atoms with Crippen molar-refractivity contribution in [2.24, 2.45) is 0 Å². The molecule has 0 bridgehead atoms. The molecule has 0 spiro atoms. The Bertz CT molecular complexity index is 910. The molecule has 8 heteroatoms. The highest BCUT2D eigenvalue weighted by Gasteiger charge is 2.17. The minimum Gasteiger partial charge on any atom is -0.379 e. The first kappa shape index (κ1) is 18.3. The fraction of sp³-hybridized carbons (Fsp3) is 0.421. The van der Waals surface area contributed by atoms with E-state index in [9.17, 15) is 0 Å². The maximum atomic E-state index is 5.99. The lowest BCUT2D eigenvalue weighted by atomic mass is 10.1. The summed E-state index contributed by atoms with van der Waals surface area (Å²) < 4.78 is 13.0. The normalized spacial score (nSPS) is 16.7. The minimum absolute atomic E-state index is 0.0750. The molecule has 0 N–H and O–H groups in total. The maximum absolute atomic E-state index is 5.99. The van der Waals surface area contributed by atoms with E-state index in [0.717, 1.165) is 55.0 Å². The molecule has 1 aliphatic heterocycles. The molecule has 4 heterocycles.